The number of nitro groups is 2. The van der Waals surface area contributed by atoms with Crippen LogP contribution in [0.15, 0.2) is 236 Å². The third kappa shape index (κ3) is 15.8. The number of nitrogen functional groups attached to an aromatic ring is 1. The van der Waals surface area contributed by atoms with Crippen molar-refractivity contribution in [3.05, 3.63) is 295 Å². The lowest BCUT2D eigenvalue weighted by Crippen LogP contribution is -2.19. The van der Waals surface area contributed by atoms with E-state index in [0.717, 1.165) is 51.2 Å². The van der Waals surface area contributed by atoms with Crippen LogP contribution in [-0.4, -0.2) is 80.1 Å². The summed E-state index contributed by atoms with van der Waals surface area (Å²) in [5, 5.41) is 54.9. The van der Waals surface area contributed by atoms with E-state index < -0.39 is 9.85 Å². The highest BCUT2D eigenvalue weighted by Gasteiger charge is 2.30. The first kappa shape index (κ1) is 66.6. The summed E-state index contributed by atoms with van der Waals surface area (Å²) in [5.41, 5.74) is 16.9. The highest BCUT2D eigenvalue weighted by atomic mass is 35.5. The zero-order valence-electron chi connectivity index (χ0n) is 53.0. The predicted molar refractivity (Wildman–Crippen MR) is 369 cm³/mol. The van der Waals surface area contributed by atoms with E-state index in [-0.39, 0.29) is 34.0 Å². The molecule has 0 radical (unpaired) electrons. The van der Waals surface area contributed by atoms with Crippen molar-refractivity contribution < 1.29 is 24.1 Å². The van der Waals surface area contributed by atoms with Gasteiger partial charge in [0.05, 0.1) is 78.9 Å². The maximum atomic E-state index is 11.7. The van der Waals surface area contributed by atoms with E-state index in [1.54, 1.807) is 50.8 Å². The van der Waals surface area contributed by atoms with Crippen molar-refractivity contribution in [2.75, 3.05) is 10.7 Å². The Morgan fingerprint density at radius 2 is 0.729 bits per heavy atom. The van der Waals surface area contributed by atoms with Crippen molar-refractivity contribution in [3.63, 3.8) is 0 Å². The van der Waals surface area contributed by atoms with Gasteiger partial charge in [-0.25, -0.2) is 23.7 Å². The van der Waals surface area contributed by atoms with Crippen molar-refractivity contribution in [2.45, 2.75) is 54.9 Å². The molecule has 0 saturated carbocycles. The number of rotatable bonds is 13. The number of carbonyl (C=O) groups is 1. The number of halogens is 2. The number of aromatic nitrogens is 12. The Morgan fingerprint density at radius 3 is 1.10 bits per heavy atom. The lowest BCUT2D eigenvalue weighted by molar-refractivity contribution is -0.386. The topological polar surface area (TPSA) is 270 Å². The lowest BCUT2D eigenvalue weighted by atomic mass is 10.3. The molecule has 6 aromatic heterocycles. The zero-order valence-corrected chi connectivity index (χ0v) is 54.5. The van der Waals surface area contributed by atoms with Gasteiger partial charge in [0.2, 0.25) is 22.8 Å². The van der Waals surface area contributed by atoms with Crippen LogP contribution < -0.4 is 20.2 Å². The fourth-order valence-electron chi connectivity index (χ4n) is 9.69. The first-order valence-corrected chi connectivity index (χ1v) is 30.5. The molecule has 0 unspecified atom stereocenters. The molecule has 13 aromatic rings. The van der Waals surface area contributed by atoms with Gasteiger partial charge in [-0.3, -0.25) is 25.0 Å². The second-order valence-corrected chi connectivity index (χ2v) is 22.1. The number of benzene rings is 7. The van der Waals surface area contributed by atoms with E-state index in [9.17, 15) is 25.0 Å². The van der Waals surface area contributed by atoms with Gasteiger partial charge in [0.1, 0.15) is 22.2 Å². The summed E-state index contributed by atoms with van der Waals surface area (Å²) in [7, 11) is 0. The van der Waals surface area contributed by atoms with Gasteiger partial charge in [-0.05, 0) is 139 Å². The Hall–Kier alpha value is -12.3. The van der Waals surface area contributed by atoms with Gasteiger partial charge in [-0.2, -0.15) is 45.1 Å². The zero-order chi connectivity index (χ0) is 68.0. The van der Waals surface area contributed by atoms with Gasteiger partial charge in [-0.1, -0.05) is 151 Å². The van der Waals surface area contributed by atoms with E-state index in [1.807, 2.05) is 247 Å². The maximum Gasteiger partial charge on any atom is 0.354 e. The lowest BCUT2D eigenvalue weighted by Gasteiger charge is -2.11. The number of hydrogen-bond acceptors (Lipinski definition) is 15. The molecular weight excluding hydrogens is 1260 g/mol. The van der Waals surface area contributed by atoms with Crippen molar-refractivity contribution in [3.8, 4) is 57.6 Å². The molecule has 1 aliphatic heterocycles. The first-order valence-electron chi connectivity index (χ1n) is 29.8. The van der Waals surface area contributed by atoms with E-state index in [0.29, 0.717) is 57.7 Å². The number of hydrogen-bond donors (Lipinski definition) is 1. The van der Waals surface area contributed by atoms with Gasteiger partial charge >= 0.3 is 17.3 Å². The average Bonchev–Trinajstić information content (AvgIpc) is 1.66. The normalized spacial score (nSPS) is 11.4. The molecule has 0 spiro atoms. The third-order valence-corrected chi connectivity index (χ3v) is 14.7. The second-order valence-electron chi connectivity index (χ2n) is 21.4. The summed E-state index contributed by atoms with van der Waals surface area (Å²) < 4.78 is 21.8. The molecule has 14 rings (SSSR count). The molecule has 1 aliphatic rings. The smallest absolute Gasteiger partial charge is 0.354 e. The molecule has 0 atom stereocenters. The molecular formula is C70H63Cl2N17O7. The molecule has 26 heteroatoms. The molecule has 484 valence electrons. The maximum absolute atomic E-state index is 11.7. The molecule has 0 saturated heterocycles. The Bertz CT molecular complexity index is 4830. The van der Waals surface area contributed by atoms with Crippen LogP contribution in [0, 0.1) is 61.8 Å². The Labute approximate surface area is 561 Å². The monoisotopic (exact) mass is 1320 g/mol. The molecule has 2 N–H and O–H groups in total. The number of hydrazone groups is 1. The predicted octanol–water partition coefficient (Wildman–Crippen LogP) is 15.8. The molecule has 0 aliphatic carbocycles. The van der Waals surface area contributed by atoms with Crippen molar-refractivity contribution in [2.24, 2.45) is 5.10 Å². The molecule has 96 heavy (non-hydrogen) atoms. The van der Waals surface area contributed by atoms with E-state index >= 15 is 0 Å². The summed E-state index contributed by atoms with van der Waals surface area (Å²) in [5.74, 6) is 1.50. The summed E-state index contributed by atoms with van der Waals surface area (Å²) in [6, 6.07) is 72.0. The largest absolute Gasteiger partial charge is 0.418 e. The van der Waals surface area contributed by atoms with Crippen molar-refractivity contribution >= 4 is 57.6 Å². The Balaban J connectivity index is 0.000000136. The number of para-hydroxylation sites is 7. The molecule has 0 fully saturated rings. The van der Waals surface area contributed by atoms with Gasteiger partial charge in [0.25, 0.3) is 5.91 Å². The molecule has 7 heterocycles. The summed E-state index contributed by atoms with van der Waals surface area (Å²) in [6.45, 7) is 12.6. The van der Waals surface area contributed by atoms with E-state index in [4.69, 9.17) is 38.4 Å². The van der Waals surface area contributed by atoms with Crippen LogP contribution in [0.25, 0.3) is 34.1 Å². The van der Waals surface area contributed by atoms with Crippen LogP contribution >= 0.6 is 23.2 Å². The minimum Gasteiger partial charge on any atom is -0.418 e. The summed E-state index contributed by atoms with van der Waals surface area (Å²) in [4.78, 5) is 32.8. The number of amides is 1. The van der Waals surface area contributed by atoms with Gasteiger partial charge in [0, 0.05) is 17.8 Å². The quantitative estimate of drug-likeness (QED) is 0.0831. The number of nitrogens with zero attached hydrogens (tertiary/aromatic N) is 16. The number of aryl methyl sites for hydroxylation is 6. The number of ether oxygens (including phenoxy) is 2. The SMILES string of the molecule is CC1=NN(c2ccccc2)C(=O)C1.Cc1cc(Cl)n(-c2ccccc2)n1.Cc1cc(Oc2c(N)c(C)nn2-c2ccccc2)n(-c2ccccc2)n1.Cc1cc(Oc2c([N+](=O)[O-])c(C)nn2-c2ccccc2)n(-c2ccccc2)n1.Cc1nn(-c2ccccc2)c(Cl)c1[N+](=O)[O-]. The highest BCUT2D eigenvalue weighted by molar-refractivity contribution is 6.32. The Morgan fingerprint density at radius 1 is 0.406 bits per heavy atom. The highest BCUT2D eigenvalue weighted by Crippen LogP contribution is 2.38. The number of carbonyl (C=O) groups excluding carboxylic acids is 1. The molecule has 0 bridgehead atoms. The number of nitrogens with two attached hydrogens (primary N) is 1. The fraction of sp³-hybridized carbons (Fsp3) is 0.114. The molecule has 1 amide bonds. The summed E-state index contributed by atoms with van der Waals surface area (Å²) >= 11 is 11.9. The second kappa shape index (κ2) is 30.4. The van der Waals surface area contributed by atoms with Crippen LogP contribution in [0.4, 0.5) is 22.7 Å². The van der Waals surface area contributed by atoms with Crippen LogP contribution in [0.2, 0.25) is 10.3 Å². The summed E-state index contributed by atoms with van der Waals surface area (Å²) in [6.07, 6.45) is 0.439. The van der Waals surface area contributed by atoms with Crippen molar-refractivity contribution in [1.29, 1.82) is 0 Å². The first-order chi connectivity index (χ1) is 46.3. The van der Waals surface area contributed by atoms with Crippen LogP contribution in [0.5, 0.6) is 23.5 Å². The van der Waals surface area contributed by atoms with Crippen LogP contribution in [0.1, 0.15) is 47.5 Å². The van der Waals surface area contributed by atoms with Gasteiger partial charge in [-0.15, -0.1) is 0 Å². The third-order valence-electron chi connectivity index (χ3n) is 14.1. The average molecular weight is 1330 g/mol. The van der Waals surface area contributed by atoms with Crippen LogP contribution in [-0.2, 0) is 4.79 Å². The minimum atomic E-state index is -0.524. The molecule has 24 nitrogen and oxygen atoms in total. The van der Waals surface area contributed by atoms with Crippen molar-refractivity contribution in [1.82, 2.24) is 58.7 Å². The molecule has 7 aromatic carbocycles. The standard InChI is InChI=1S/C20H17N5O3.C20H19N5O.C10H8ClN3O2.C10H9ClN2.C10H10N2O/c1-14-13-18(23(21-14)16-9-5-3-6-10-16)28-20-19(25(26)27)15(2)22-24(20)17-11-7-4-8-12-17;1-14-13-18(24(22-14)16-9-5-3-6-10-16)26-20-19(21)15(2)23-25(20)17-11-7-4-8-12-17;1-7-9(14(15)16)10(11)13(12-7)8-5-3-2-4-6-8;1-8-7-10(11)13(12-8)9-5-3-2-4-6-9;1-8-7-10(13)12(11-8)9-5-3-2-4-6-9/h3-13H,1-2H3;3-13H,21H2,1-2H3;2-6H,1H3;2-7H,1H3;2-6H,7H2,1H3. The van der Waals surface area contributed by atoms with E-state index in [2.05, 4.69) is 35.7 Å². The van der Waals surface area contributed by atoms with Gasteiger partial charge in [0.15, 0.2) is 0 Å². The fourth-order valence-corrected chi connectivity index (χ4v) is 10.3. The van der Waals surface area contributed by atoms with Gasteiger partial charge < -0.3 is 15.2 Å². The Kier molecular flexibility index (Phi) is 21.1. The number of anilines is 2. The minimum absolute atomic E-state index is 0.0219. The van der Waals surface area contributed by atoms with E-state index in [1.165, 1.54) is 14.4 Å². The van der Waals surface area contributed by atoms with Crippen LogP contribution in [0.3, 0.4) is 0 Å².